The molecule has 17 heavy (non-hydrogen) atoms. The van der Waals surface area contributed by atoms with Crippen LogP contribution in [0.1, 0.15) is 6.92 Å². The minimum absolute atomic E-state index is 0.174. The first-order chi connectivity index (χ1) is 8.02. The van der Waals surface area contributed by atoms with Gasteiger partial charge in [-0.3, -0.25) is 15.0 Å². The van der Waals surface area contributed by atoms with Crippen LogP contribution < -0.4 is 5.32 Å². The summed E-state index contributed by atoms with van der Waals surface area (Å²) in [6.45, 7) is 1.54. The van der Waals surface area contributed by atoms with Gasteiger partial charge in [-0.1, -0.05) is 6.92 Å². The van der Waals surface area contributed by atoms with Crippen LogP contribution in [0.5, 0.6) is 0 Å². The number of urea groups is 1. The van der Waals surface area contributed by atoms with Crippen molar-refractivity contribution in [2.45, 2.75) is 19.1 Å². The van der Waals surface area contributed by atoms with Crippen molar-refractivity contribution in [3.05, 3.63) is 12.0 Å². The number of nitrogens with zero attached hydrogens (tertiary/aromatic N) is 1. The lowest BCUT2D eigenvalue weighted by molar-refractivity contribution is -0.125. The van der Waals surface area contributed by atoms with Crippen molar-refractivity contribution in [3.8, 4) is 0 Å². The summed E-state index contributed by atoms with van der Waals surface area (Å²) in [6, 6.07) is -0.579. The van der Waals surface area contributed by atoms with Gasteiger partial charge < -0.3 is 14.9 Å². The van der Waals surface area contributed by atoms with Crippen LogP contribution >= 0.6 is 0 Å². The molecule has 2 rings (SSSR count). The van der Waals surface area contributed by atoms with Crippen molar-refractivity contribution in [1.29, 1.82) is 0 Å². The fourth-order valence-corrected chi connectivity index (χ4v) is 1.74. The Bertz CT molecular complexity index is 381. The van der Waals surface area contributed by atoms with Gasteiger partial charge in [0.1, 0.15) is 6.10 Å². The Morgan fingerprint density at radius 1 is 1.59 bits per heavy atom. The fourth-order valence-electron chi connectivity index (χ4n) is 1.74. The number of amides is 3. The zero-order valence-corrected chi connectivity index (χ0v) is 9.29. The molecule has 0 saturated carbocycles. The minimum atomic E-state index is -0.948. The number of nitrogens with one attached hydrogen (secondary N) is 1. The highest BCUT2D eigenvalue weighted by Crippen LogP contribution is 2.23. The summed E-state index contributed by atoms with van der Waals surface area (Å²) in [5.41, 5.74) is 0. The molecule has 3 unspecified atom stereocenters. The number of rotatable bonds is 2. The number of hydrogen-bond acceptors (Lipinski definition) is 5. The average Bonchev–Trinajstić information content (AvgIpc) is 2.65. The molecule has 2 heterocycles. The molecule has 1 saturated heterocycles. The Balaban J connectivity index is 2.11. The number of ether oxygens (including phenoxy) is 1. The van der Waals surface area contributed by atoms with Crippen LogP contribution in [0.4, 0.5) is 4.79 Å². The predicted molar refractivity (Wildman–Crippen MR) is 55.5 cm³/mol. The lowest BCUT2D eigenvalue weighted by Crippen LogP contribution is -2.53. The van der Waals surface area contributed by atoms with Crippen molar-refractivity contribution < 1.29 is 24.5 Å². The normalized spacial score (nSPS) is 33.2. The third-order valence-corrected chi connectivity index (χ3v) is 2.79. The van der Waals surface area contributed by atoms with E-state index in [2.05, 4.69) is 5.32 Å². The SMILES string of the molecule is CC1CN(C2=CC(O)C(CO)O2)C(=O)NC1=O. The molecule has 3 amide bonds. The maximum atomic E-state index is 11.6. The van der Waals surface area contributed by atoms with Crippen molar-refractivity contribution in [1.82, 2.24) is 10.2 Å². The number of carbonyl (C=O) groups is 2. The molecule has 2 aliphatic heterocycles. The van der Waals surface area contributed by atoms with E-state index in [0.717, 1.165) is 0 Å². The minimum Gasteiger partial charge on any atom is -0.470 e. The van der Waals surface area contributed by atoms with Crippen molar-refractivity contribution in [2.24, 2.45) is 5.92 Å². The van der Waals surface area contributed by atoms with E-state index < -0.39 is 18.2 Å². The highest BCUT2D eigenvalue weighted by atomic mass is 16.5. The maximum absolute atomic E-state index is 11.6. The van der Waals surface area contributed by atoms with Crippen molar-refractivity contribution in [3.63, 3.8) is 0 Å². The number of imide groups is 1. The Morgan fingerprint density at radius 2 is 2.29 bits per heavy atom. The Morgan fingerprint density at radius 3 is 2.88 bits per heavy atom. The van der Waals surface area contributed by atoms with Gasteiger partial charge in [0.25, 0.3) is 0 Å². The lowest BCUT2D eigenvalue weighted by atomic mass is 10.1. The van der Waals surface area contributed by atoms with Crippen LogP contribution in [0, 0.1) is 5.92 Å². The van der Waals surface area contributed by atoms with Gasteiger partial charge >= 0.3 is 6.03 Å². The van der Waals surface area contributed by atoms with E-state index in [0.29, 0.717) is 0 Å². The van der Waals surface area contributed by atoms with E-state index in [9.17, 15) is 14.7 Å². The van der Waals surface area contributed by atoms with E-state index >= 15 is 0 Å². The Hall–Kier alpha value is -1.60. The van der Waals surface area contributed by atoms with Crippen LogP contribution in [-0.4, -0.2) is 52.4 Å². The van der Waals surface area contributed by atoms with E-state index in [1.54, 1.807) is 6.92 Å². The molecule has 0 aromatic heterocycles. The zero-order valence-electron chi connectivity index (χ0n) is 9.29. The van der Waals surface area contributed by atoms with Gasteiger partial charge in [-0.2, -0.15) is 0 Å². The van der Waals surface area contributed by atoms with Gasteiger partial charge in [0.2, 0.25) is 5.91 Å². The molecule has 0 aromatic rings. The average molecular weight is 242 g/mol. The van der Waals surface area contributed by atoms with Gasteiger partial charge in [0.15, 0.2) is 12.0 Å². The van der Waals surface area contributed by atoms with Gasteiger partial charge in [-0.25, -0.2) is 4.79 Å². The standard InChI is InChI=1S/C10H14N2O5/c1-5-3-12(10(16)11-9(5)15)8-2-6(14)7(4-13)17-8/h2,5-7,13-14H,3-4H2,1H3,(H,11,15,16). The number of hydrogen-bond donors (Lipinski definition) is 3. The fraction of sp³-hybridized carbons (Fsp3) is 0.600. The van der Waals surface area contributed by atoms with Crippen LogP contribution in [0.15, 0.2) is 12.0 Å². The first-order valence-electron chi connectivity index (χ1n) is 5.32. The summed E-state index contributed by atoms with van der Waals surface area (Å²) < 4.78 is 5.23. The predicted octanol–water partition coefficient (Wildman–Crippen LogP) is -1.23. The molecule has 0 bridgehead atoms. The largest absolute Gasteiger partial charge is 0.470 e. The lowest BCUT2D eigenvalue weighted by Gasteiger charge is -2.30. The third kappa shape index (κ3) is 2.11. The number of aliphatic hydroxyl groups is 2. The molecular weight excluding hydrogens is 228 g/mol. The van der Waals surface area contributed by atoms with Gasteiger partial charge in [-0.05, 0) is 0 Å². The zero-order chi connectivity index (χ0) is 12.6. The summed E-state index contributed by atoms with van der Waals surface area (Å²) in [5, 5.41) is 20.6. The summed E-state index contributed by atoms with van der Waals surface area (Å²) in [6.07, 6.45) is -0.357. The molecule has 3 atom stereocenters. The molecule has 1 fully saturated rings. The quantitative estimate of drug-likeness (QED) is 0.563. The second-order valence-electron chi connectivity index (χ2n) is 4.14. The summed E-state index contributed by atoms with van der Waals surface area (Å²) in [4.78, 5) is 24.1. The Kier molecular flexibility index (Phi) is 3.03. The molecule has 7 heteroatoms. The number of aliphatic hydroxyl groups excluding tert-OH is 2. The molecule has 0 aliphatic carbocycles. The number of carbonyl (C=O) groups excluding carboxylic acids is 2. The Labute approximate surface area is 97.7 Å². The molecular formula is C10H14N2O5. The topological polar surface area (TPSA) is 99.1 Å². The van der Waals surface area contributed by atoms with E-state index in [4.69, 9.17) is 9.84 Å². The molecule has 0 radical (unpaired) electrons. The van der Waals surface area contributed by atoms with Crippen LogP contribution in [0.25, 0.3) is 0 Å². The summed E-state index contributed by atoms with van der Waals surface area (Å²) in [5.74, 6) is -0.500. The highest BCUT2D eigenvalue weighted by Gasteiger charge is 2.37. The first kappa shape index (κ1) is 11.9. The van der Waals surface area contributed by atoms with Gasteiger partial charge in [-0.15, -0.1) is 0 Å². The maximum Gasteiger partial charge on any atom is 0.330 e. The molecule has 2 aliphatic rings. The van der Waals surface area contributed by atoms with Crippen LogP contribution in [0.2, 0.25) is 0 Å². The van der Waals surface area contributed by atoms with E-state index in [-0.39, 0.29) is 30.9 Å². The summed E-state index contributed by atoms with van der Waals surface area (Å²) in [7, 11) is 0. The molecule has 7 nitrogen and oxygen atoms in total. The monoisotopic (exact) mass is 242 g/mol. The van der Waals surface area contributed by atoms with Gasteiger partial charge in [0, 0.05) is 12.6 Å². The van der Waals surface area contributed by atoms with E-state index in [1.807, 2.05) is 0 Å². The first-order valence-corrected chi connectivity index (χ1v) is 5.32. The van der Waals surface area contributed by atoms with Gasteiger partial charge in [0.05, 0.1) is 12.5 Å². The van der Waals surface area contributed by atoms with Crippen molar-refractivity contribution in [2.75, 3.05) is 13.2 Å². The molecule has 0 aromatic carbocycles. The van der Waals surface area contributed by atoms with Crippen molar-refractivity contribution >= 4 is 11.9 Å². The highest BCUT2D eigenvalue weighted by molar-refractivity contribution is 5.98. The third-order valence-electron chi connectivity index (χ3n) is 2.79. The second-order valence-corrected chi connectivity index (χ2v) is 4.14. The smallest absolute Gasteiger partial charge is 0.330 e. The van der Waals surface area contributed by atoms with Crippen LogP contribution in [-0.2, 0) is 9.53 Å². The molecule has 94 valence electrons. The summed E-state index contributed by atoms with van der Waals surface area (Å²) >= 11 is 0. The second kappa shape index (κ2) is 4.34. The van der Waals surface area contributed by atoms with Crippen LogP contribution in [0.3, 0.4) is 0 Å². The van der Waals surface area contributed by atoms with E-state index in [1.165, 1.54) is 11.0 Å². The molecule has 3 N–H and O–H groups in total. The molecule has 0 spiro atoms.